The summed E-state index contributed by atoms with van der Waals surface area (Å²) >= 11 is 0. The highest BCUT2D eigenvalue weighted by atomic mass is 16.5. The van der Waals surface area contributed by atoms with Gasteiger partial charge in [0.15, 0.2) is 0 Å². The molecule has 1 saturated carbocycles. The van der Waals surface area contributed by atoms with E-state index >= 15 is 0 Å². The van der Waals surface area contributed by atoms with Gasteiger partial charge in [0.05, 0.1) is 12.7 Å². The molecule has 2 heterocycles. The first-order chi connectivity index (χ1) is 12.0. The van der Waals surface area contributed by atoms with Crippen LogP contribution in [0.5, 0.6) is 0 Å². The number of rotatable bonds is 7. The molecule has 6 nitrogen and oxygen atoms in total. The van der Waals surface area contributed by atoms with Crippen molar-refractivity contribution in [1.82, 2.24) is 9.88 Å². The van der Waals surface area contributed by atoms with Crippen molar-refractivity contribution in [2.45, 2.75) is 59.1 Å². The summed E-state index contributed by atoms with van der Waals surface area (Å²) in [6.45, 7) is 7.93. The van der Waals surface area contributed by atoms with Gasteiger partial charge in [-0.1, -0.05) is 0 Å². The van der Waals surface area contributed by atoms with E-state index in [1.165, 1.54) is 0 Å². The number of aromatic amines is 1. The SMILES string of the molecule is CCOC(=O)c1[nH]c(C)c(CN(C[C@@H]2CCCO2)C(=O)C2CC2)c1C. The van der Waals surface area contributed by atoms with E-state index in [9.17, 15) is 9.59 Å². The third-order valence-corrected chi connectivity index (χ3v) is 5.11. The van der Waals surface area contributed by atoms with Crippen LogP contribution in [0.2, 0.25) is 0 Å². The van der Waals surface area contributed by atoms with E-state index in [1.54, 1.807) is 6.92 Å². The van der Waals surface area contributed by atoms with E-state index < -0.39 is 0 Å². The van der Waals surface area contributed by atoms with E-state index in [0.717, 1.165) is 49.1 Å². The van der Waals surface area contributed by atoms with Crippen molar-refractivity contribution in [3.8, 4) is 0 Å². The van der Waals surface area contributed by atoms with Crippen LogP contribution in [0.4, 0.5) is 0 Å². The number of esters is 1. The summed E-state index contributed by atoms with van der Waals surface area (Å²) in [5, 5.41) is 0. The van der Waals surface area contributed by atoms with Crippen LogP contribution in [-0.2, 0) is 20.8 Å². The molecule has 25 heavy (non-hydrogen) atoms. The van der Waals surface area contributed by atoms with Crippen LogP contribution in [-0.4, -0.2) is 47.6 Å². The molecule has 1 aliphatic carbocycles. The van der Waals surface area contributed by atoms with Crippen LogP contribution in [0.15, 0.2) is 0 Å². The lowest BCUT2D eigenvalue weighted by Crippen LogP contribution is -2.38. The van der Waals surface area contributed by atoms with Crippen molar-refractivity contribution in [1.29, 1.82) is 0 Å². The number of carbonyl (C=O) groups excluding carboxylic acids is 2. The highest BCUT2D eigenvalue weighted by molar-refractivity contribution is 5.90. The number of nitrogens with one attached hydrogen (secondary N) is 1. The second-order valence-electron chi connectivity index (χ2n) is 7.08. The number of hydrogen-bond acceptors (Lipinski definition) is 4. The molecule has 2 aliphatic rings. The Bertz CT molecular complexity index is 642. The molecule has 0 bridgehead atoms. The molecule has 3 rings (SSSR count). The molecule has 0 spiro atoms. The fraction of sp³-hybridized carbons (Fsp3) is 0.684. The van der Waals surface area contributed by atoms with Gasteiger partial charge in [0, 0.05) is 31.3 Å². The molecular formula is C19H28N2O4. The smallest absolute Gasteiger partial charge is 0.355 e. The van der Waals surface area contributed by atoms with E-state index in [0.29, 0.717) is 25.4 Å². The maximum absolute atomic E-state index is 12.7. The molecule has 1 amide bonds. The molecule has 2 fully saturated rings. The van der Waals surface area contributed by atoms with E-state index in [4.69, 9.17) is 9.47 Å². The molecule has 1 aromatic heterocycles. The third kappa shape index (κ3) is 4.06. The van der Waals surface area contributed by atoms with Crippen molar-refractivity contribution in [3.05, 3.63) is 22.5 Å². The summed E-state index contributed by atoms with van der Waals surface area (Å²) in [6, 6.07) is 0. The molecule has 0 unspecified atom stereocenters. The second-order valence-corrected chi connectivity index (χ2v) is 7.08. The quantitative estimate of drug-likeness (QED) is 0.769. The van der Waals surface area contributed by atoms with Gasteiger partial charge >= 0.3 is 5.97 Å². The predicted molar refractivity (Wildman–Crippen MR) is 93.3 cm³/mol. The van der Waals surface area contributed by atoms with Crippen molar-refractivity contribution in [2.75, 3.05) is 19.8 Å². The predicted octanol–water partition coefficient (Wildman–Crippen LogP) is 2.73. The summed E-state index contributed by atoms with van der Waals surface area (Å²) < 4.78 is 10.8. The van der Waals surface area contributed by atoms with Crippen molar-refractivity contribution >= 4 is 11.9 Å². The molecule has 6 heteroatoms. The first-order valence-corrected chi connectivity index (χ1v) is 9.26. The molecule has 0 radical (unpaired) electrons. The maximum Gasteiger partial charge on any atom is 0.355 e. The lowest BCUT2D eigenvalue weighted by molar-refractivity contribution is -0.134. The van der Waals surface area contributed by atoms with Crippen LogP contribution >= 0.6 is 0 Å². The largest absolute Gasteiger partial charge is 0.461 e. The summed E-state index contributed by atoms with van der Waals surface area (Å²) in [6.07, 6.45) is 4.17. The zero-order valence-electron chi connectivity index (χ0n) is 15.4. The number of carbonyl (C=O) groups is 2. The molecular weight excluding hydrogens is 320 g/mol. The highest BCUT2D eigenvalue weighted by Crippen LogP contribution is 2.33. The van der Waals surface area contributed by atoms with Gasteiger partial charge in [-0.3, -0.25) is 4.79 Å². The number of nitrogens with zero attached hydrogens (tertiary/aromatic N) is 1. The second kappa shape index (κ2) is 7.60. The first kappa shape index (κ1) is 18.0. The standard InChI is InChI=1S/C19H28N2O4/c1-4-24-19(23)17-12(2)16(13(3)20-17)11-21(18(22)14-7-8-14)10-15-6-5-9-25-15/h14-15,20H,4-11H2,1-3H3/t15-/m0/s1. The lowest BCUT2D eigenvalue weighted by atomic mass is 10.1. The molecule has 1 saturated heterocycles. The fourth-order valence-corrected chi connectivity index (χ4v) is 3.48. The average Bonchev–Trinajstić information content (AvgIpc) is 3.24. The van der Waals surface area contributed by atoms with Gasteiger partial charge in [0.25, 0.3) is 0 Å². The van der Waals surface area contributed by atoms with Gasteiger partial charge in [-0.25, -0.2) is 4.79 Å². The minimum atomic E-state index is -0.339. The minimum absolute atomic E-state index is 0.131. The monoisotopic (exact) mass is 348 g/mol. The topological polar surface area (TPSA) is 71.6 Å². The minimum Gasteiger partial charge on any atom is -0.461 e. The Labute approximate surface area is 148 Å². The van der Waals surface area contributed by atoms with Crippen LogP contribution in [0, 0.1) is 19.8 Å². The fourth-order valence-electron chi connectivity index (χ4n) is 3.48. The van der Waals surface area contributed by atoms with Crippen molar-refractivity contribution in [3.63, 3.8) is 0 Å². The van der Waals surface area contributed by atoms with Gasteiger partial charge in [-0.2, -0.15) is 0 Å². The van der Waals surface area contributed by atoms with Crippen LogP contribution in [0.3, 0.4) is 0 Å². The molecule has 1 atom stereocenters. The summed E-state index contributed by atoms with van der Waals surface area (Å²) in [5.41, 5.74) is 3.29. The van der Waals surface area contributed by atoms with Gasteiger partial charge in [0.1, 0.15) is 5.69 Å². The van der Waals surface area contributed by atoms with Crippen molar-refractivity contribution < 1.29 is 19.1 Å². The zero-order valence-corrected chi connectivity index (χ0v) is 15.4. The molecule has 1 N–H and O–H groups in total. The number of H-pyrrole nitrogens is 1. The van der Waals surface area contributed by atoms with Gasteiger partial charge < -0.3 is 19.4 Å². The summed E-state index contributed by atoms with van der Waals surface area (Å²) in [4.78, 5) is 29.9. The number of hydrogen-bond donors (Lipinski definition) is 1. The number of aryl methyl sites for hydroxylation is 1. The Morgan fingerprint density at radius 2 is 2.04 bits per heavy atom. The summed E-state index contributed by atoms with van der Waals surface area (Å²) in [5.74, 6) is 0.0483. The molecule has 0 aromatic carbocycles. The van der Waals surface area contributed by atoms with Crippen molar-refractivity contribution in [2.24, 2.45) is 5.92 Å². The van der Waals surface area contributed by atoms with Crippen LogP contribution in [0.1, 0.15) is 59.9 Å². The molecule has 1 aliphatic heterocycles. The number of ether oxygens (including phenoxy) is 2. The molecule has 1 aromatic rings. The Hall–Kier alpha value is -1.82. The normalized spacial score (nSPS) is 19.9. The van der Waals surface area contributed by atoms with Gasteiger partial charge in [-0.05, 0) is 57.6 Å². The Kier molecular flexibility index (Phi) is 5.47. The molecule has 138 valence electrons. The van der Waals surface area contributed by atoms with Crippen LogP contribution in [0.25, 0.3) is 0 Å². The summed E-state index contributed by atoms with van der Waals surface area (Å²) in [7, 11) is 0. The average molecular weight is 348 g/mol. The van der Waals surface area contributed by atoms with Gasteiger partial charge in [0.2, 0.25) is 5.91 Å². The zero-order chi connectivity index (χ0) is 18.0. The van der Waals surface area contributed by atoms with E-state index in [2.05, 4.69) is 4.98 Å². The number of amides is 1. The lowest BCUT2D eigenvalue weighted by Gasteiger charge is -2.26. The Morgan fingerprint density at radius 1 is 1.28 bits per heavy atom. The van der Waals surface area contributed by atoms with E-state index in [-0.39, 0.29) is 23.9 Å². The Morgan fingerprint density at radius 3 is 2.64 bits per heavy atom. The Balaban J connectivity index is 1.78. The van der Waals surface area contributed by atoms with Crippen LogP contribution < -0.4 is 0 Å². The highest BCUT2D eigenvalue weighted by Gasteiger charge is 2.35. The number of aromatic nitrogens is 1. The first-order valence-electron chi connectivity index (χ1n) is 9.26. The third-order valence-electron chi connectivity index (χ3n) is 5.11. The van der Waals surface area contributed by atoms with Gasteiger partial charge in [-0.15, -0.1) is 0 Å². The van der Waals surface area contributed by atoms with E-state index in [1.807, 2.05) is 18.7 Å². The maximum atomic E-state index is 12.7.